The Bertz CT molecular complexity index is 843. The second-order valence-electron chi connectivity index (χ2n) is 5.19. The van der Waals surface area contributed by atoms with Crippen LogP contribution in [0.1, 0.15) is 10.9 Å². The molecule has 3 nitrogen and oxygen atoms in total. The average Bonchev–Trinajstić information content (AvgIpc) is 3.12. The van der Waals surface area contributed by atoms with Gasteiger partial charge in [0.25, 0.3) is 0 Å². The number of amides is 1. The summed E-state index contributed by atoms with van der Waals surface area (Å²) in [6, 6.07) is 14.1. The van der Waals surface area contributed by atoms with Gasteiger partial charge in [-0.15, -0.1) is 11.8 Å². The molecule has 1 aliphatic heterocycles. The smallest absolute Gasteiger partial charge is 0.238 e. The molecule has 2 aromatic carbocycles. The monoisotopic (exact) mass is 312 g/mol. The fourth-order valence-electron chi connectivity index (χ4n) is 2.83. The van der Waals surface area contributed by atoms with Crippen LogP contribution < -0.4 is 4.90 Å². The quantitative estimate of drug-likeness (QED) is 0.774. The van der Waals surface area contributed by atoms with Crippen LogP contribution in [0, 0.1) is 5.82 Å². The number of rotatable bonds is 2. The number of aromatic amines is 1. The zero-order valence-electron chi connectivity index (χ0n) is 11.6. The lowest BCUT2D eigenvalue weighted by Crippen LogP contribution is -2.27. The summed E-state index contributed by atoms with van der Waals surface area (Å²) in [5.41, 5.74) is 2.86. The number of anilines is 1. The first-order chi connectivity index (χ1) is 10.7. The second-order valence-corrected chi connectivity index (χ2v) is 6.26. The predicted octanol–water partition coefficient (Wildman–Crippen LogP) is 4.09. The molecule has 1 aromatic heterocycles. The number of thioether (sulfide) groups is 1. The van der Waals surface area contributed by atoms with Crippen LogP contribution in [0.4, 0.5) is 10.1 Å². The van der Waals surface area contributed by atoms with E-state index in [0.717, 1.165) is 22.2 Å². The van der Waals surface area contributed by atoms with E-state index in [1.54, 1.807) is 28.8 Å². The molecule has 4 rings (SSSR count). The number of hydrogen-bond acceptors (Lipinski definition) is 2. The summed E-state index contributed by atoms with van der Waals surface area (Å²) in [4.78, 5) is 17.3. The van der Waals surface area contributed by atoms with E-state index in [1.165, 1.54) is 12.1 Å². The zero-order valence-corrected chi connectivity index (χ0v) is 12.4. The van der Waals surface area contributed by atoms with E-state index < -0.39 is 0 Å². The molecule has 0 spiro atoms. The van der Waals surface area contributed by atoms with Crippen molar-refractivity contribution < 1.29 is 9.18 Å². The molecule has 0 saturated carbocycles. The number of nitrogens with one attached hydrogen (secondary N) is 1. The van der Waals surface area contributed by atoms with E-state index in [4.69, 9.17) is 0 Å². The van der Waals surface area contributed by atoms with Crippen molar-refractivity contribution in [3.05, 3.63) is 66.1 Å². The van der Waals surface area contributed by atoms with E-state index in [-0.39, 0.29) is 17.1 Å². The molecule has 1 aliphatic rings. The van der Waals surface area contributed by atoms with Crippen molar-refractivity contribution in [2.45, 2.75) is 5.37 Å². The number of hydrogen-bond donors (Lipinski definition) is 1. The van der Waals surface area contributed by atoms with Gasteiger partial charge in [0.2, 0.25) is 5.91 Å². The molecule has 110 valence electrons. The molecule has 1 atom stereocenters. The van der Waals surface area contributed by atoms with Crippen LogP contribution in [0.3, 0.4) is 0 Å². The number of para-hydroxylation sites is 1. The third kappa shape index (κ3) is 2.09. The zero-order chi connectivity index (χ0) is 15.1. The van der Waals surface area contributed by atoms with Crippen LogP contribution in [-0.2, 0) is 4.79 Å². The first kappa shape index (κ1) is 13.4. The van der Waals surface area contributed by atoms with Crippen molar-refractivity contribution in [1.82, 2.24) is 4.98 Å². The lowest BCUT2D eigenvalue weighted by Gasteiger charge is -2.23. The number of H-pyrrole nitrogens is 1. The minimum Gasteiger partial charge on any atom is -0.361 e. The maximum atomic E-state index is 13.1. The van der Waals surface area contributed by atoms with Gasteiger partial charge in [0.15, 0.2) is 0 Å². The topological polar surface area (TPSA) is 36.1 Å². The predicted molar refractivity (Wildman–Crippen MR) is 87.4 cm³/mol. The molecule has 1 saturated heterocycles. The molecule has 1 fully saturated rings. The number of halogens is 1. The van der Waals surface area contributed by atoms with Gasteiger partial charge in [-0.1, -0.05) is 18.2 Å². The minimum absolute atomic E-state index is 0.0480. The highest BCUT2D eigenvalue weighted by Crippen LogP contribution is 2.43. The Hall–Kier alpha value is -2.27. The van der Waals surface area contributed by atoms with E-state index in [9.17, 15) is 9.18 Å². The van der Waals surface area contributed by atoms with Crippen molar-refractivity contribution in [2.24, 2.45) is 0 Å². The number of carbonyl (C=O) groups is 1. The number of nitrogens with zero attached hydrogens (tertiary/aromatic N) is 1. The molecule has 0 aliphatic carbocycles. The van der Waals surface area contributed by atoms with Crippen molar-refractivity contribution in [3.63, 3.8) is 0 Å². The Morgan fingerprint density at radius 1 is 1.14 bits per heavy atom. The van der Waals surface area contributed by atoms with Crippen LogP contribution in [0.5, 0.6) is 0 Å². The summed E-state index contributed by atoms with van der Waals surface area (Å²) >= 11 is 1.59. The Balaban J connectivity index is 1.80. The number of aromatic nitrogens is 1. The first-order valence-corrected chi connectivity index (χ1v) is 8.04. The van der Waals surface area contributed by atoms with E-state index >= 15 is 0 Å². The lowest BCUT2D eigenvalue weighted by molar-refractivity contribution is -0.115. The van der Waals surface area contributed by atoms with Crippen molar-refractivity contribution in [2.75, 3.05) is 10.7 Å². The van der Waals surface area contributed by atoms with Gasteiger partial charge in [-0.05, 0) is 30.3 Å². The Labute approximate surface area is 131 Å². The summed E-state index contributed by atoms with van der Waals surface area (Å²) < 4.78 is 13.1. The van der Waals surface area contributed by atoms with Crippen molar-refractivity contribution >= 4 is 34.3 Å². The number of benzene rings is 2. The van der Waals surface area contributed by atoms with Crippen LogP contribution in [0.15, 0.2) is 54.7 Å². The molecular formula is C17H13FN2OS. The lowest BCUT2D eigenvalue weighted by atomic mass is 10.1. The molecular weight excluding hydrogens is 299 g/mol. The standard InChI is InChI=1S/C17H13FN2OS/c18-11-5-7-12(8-6-11)20-16(21)10-22-17(20)14-9-19-15-4-2-1-3-13(14)15/h1-9,17,19H,10H2. The summed E-state index contributed by atoms with van der Waals surface area (Å²) in [5, 5.41) is 1.02. The molecule has 0 radical (unpaired) electrons. The summed E-state index contributed by atoms with van der Waals surface area (Å²) in [7, 11) is 0. The summed E-state index contributed by atoms with van der Waals surface area (Å²) in [5.74, 6) is 0.181. The van der Waals surface area contributed by atoms with Crippen LogP contribution >= 0.6 is 11.8 Å². The molecule has 1 unspecified atom stereocenters. The van der Waals surface area contributed by atoms with Gasteiger partial charge in [0.1, 0.15) is 11.2 Å². The van der Waals surface area contributed by atoms with E-state index in [2.05, 4.69) is 4.98 Å². The maximum absolute atomic E-state index is 13.1. The normalized spacial score (nSPS) is 18.3. The minimum atomic E-state index is -0.299. The van der Waals surface area contributed by atoms with Gasteiger partial charge >= 0.3 is 0 Å². The average molecular weight is 312 g/mol. The molecule has 0 bridgehead atoms. The Morgan fingerprint density at radius 3 is 2.73 bits per heavy atom. The van der Waals surface area contributed by atoms with Crippen LogP contribution in [0.25, 0.3) is 10.9 Å². The SMILES string of the molecule is O=C1CSC(c2c[nH]c3ccccc23)N1c1ccc(F)cc1. The summed E-state index contributed by atoms with van der Waals surface area (Å²) in [6.45, 7) is 0. The molecule has 2 heterocycles. The van der Waals surface area contributed by atoms with Crippen LogP contribution in [0.2, 0.25) is 0 Å². The highest BCUT2D eigenvalue weighted by Gasteiger charge is 2.35. The first-order valence-electron chi connectivity index (χ1n) is 6.99. The van der Waals surface area contributed by atoms with Gasteiger partial charge in [-0.2, -0.15) is 0 Å². The van der Waals surface area contributed by atoms with Gasteiger partial charge in [-0.3, -0.25) is 9.69 Å². The second kappa shape index (κ2) is 5.18. The maximum Gasteiger partial charge on any atom is 0.238 e. The third-order valence-corrected chi connectivity index (χ3v) is 5.05. The third-order valence-electron chi connectivity index (χ3n) is 3.86. The molecule has 1 amide bonds. The highest BCUT2D eigenvalue weighted by molar-refractivity contribution is 8.00. The molecule has 5 heteroatoms. The van der Waals surface area contributed by atoms with Gasteiger partial charge < -0.3 is 4.98 Å². The van der Waals surface area contributed by atoms with Gasteiger partial charge in [0.05, 0.1) is 5.75 Å². The van der Waals surface area contributed by atoms with Gasteiger partial charge in [-0.25, -0.2) is 4.39 Å². The fraction of sp³-hybridized carbons (Fsp3) is 0.118. The van der Waals surface area contributed by atoms with Crippen molar-refractivity contribution in [1.29, 1.82) is 0 Å². The molecule has 22 heavy (non-hydrogen) atoms. The van der Waals surface area contributed by atoms with E-state index in [1.807, 2.05) is 30.5 Å². The fourth-order valence-corrected chi connectivity index (χ4v) is 4.04. The van der Waals surface area contributed by atoms with Gasteiger partial charge in [0, 0.05) is 28.4 Å². The Kier molecular flexibility index (Phi) is 3.15. The molecule has 3 aromatic rings. The number of fused-ring (bicyclic) bond motifs is 1. The van der Waals surface area contributed by atoms with E-state index in [0.29, 0.717) is 5.75 Å². The van der Waals surface area contributed by atoms with Crippen LogP contribution in [-0.4, -0.2) is 16.6 Å². The van der Waals surface area contributed by atoms with Crippen molar-refractivity contribution in [3.8, 4) is 0 Å². The summed E-state index contributed by atoms with van der Waals surface area (Å²) in [6.07, 6.45) is 1.96. The Morgan fingerprint density at radius 2 is 1.91 bits per heavy atom. The largest absolute Gasteiger partial charge is 0.361 e. The molecule has 1 N–H and O–H groups in total. The number of carbonyl (C=O) groups excluding carboxylic acids is 1. The highest BCUT2D eigenvalue weighted by atomic mass is 32.2.